The number of hydrogen-bond acceptors (Lipinski definition) is 2. The molecule has 7 heteroatoms. The van der Waals surface area contributed by atoms with E-state index in [-0.39, 0.29) is 0 Å². The number of aromatic nitrogens is 2. The second kappa shape index (κ2) is 8.62. The summed E-state index contributed by atoms with van der Waals surface area (Å²) in [6, 6.07) is 19.0. The lowest BCUT2D eigenvalue weighted by atomic mass is 9.89. The summed E-state index contributed by atoms with van der Waals surface area (Å²) in [4.78, 5) is 6.14. The van der Waals surface area contributed by atoms with Gasteiger partial charge in [-0.1, -0.05) is 47.9 Å². The van der Waals surface area contributed by atoms with Crippen LogP contribution in [0, 0.1) is 0 Å². The molecule has 3 heterocycles. The van der Waals surface area contributed by atoms with Gasteiger partial charge in [-0.15, -0.1) is 0 Å². The molecule has 0 saturated carbocycles. The summed E-state index contributed by atoms with van der Waals surface area (Å²) in [7, 11) is 5.83. The van der Waals surface area contributed by atoms with Gasteiger partial charge in [0, 0.05) is 42.9 Å². The van der Waals surface area contributed by atoms with Crippen LogP contribution in [0.5, 0.6) is 0 Å². The number of piperidine rings is 1. The fourth-order valence-corrected chi connectivity index (χ4v) is 4.71. The third-order valence-corrected chi connectivity index (χ3v) is 6.49. The molecule has 0 bridgehead atoms. The first-order chi connectivity index (χ1) is 15.9. The summed E-state index contributed by atoms with van der Waals surface area (Å²) in [5, 5.41) is 1.26. The van der Waals surface area contributed by atoms with Crippen molar-refractivity contribution in [3.8, 4) is 0 Å². The topological polar surface area (TPSA) is 21.1 Å². The molecule has 0 unspecified atom stereocenters. The molecule has 0 amide bonds. The second-order valence-electron chi connectivity index (χ2n) is 8.64. The Morgan fingerprint density at radius 1 is 0.939 bits per heavy atom. The largest absolute Gasteiger partial charge is 0.417 e. The lowest BCUT2D eigenvalue weighted by Crippen LogP contribution is -2.33. The Morgan fingerprint density at radius 3 is 2.33 bits per heavy atom. The van der Waals surface area contributed by atoms with Crippen molar-refractivity contribution in [1.29, 1.82) is 0 Å². The average Bonchev–Trinajstić information content (AvgIpc) is 3.19. The van der Waals surface area contributed by atoms with Crippen LogP contribution < -0.4 is 10.4 Å². The van der Waals surface area contributed by atoms with Crippen molar-refractivity contribution >= 4 is 30.0 Å². The van der Waals surface area contributed by atoms with Crippen molar-refractivity contribution in [3.05, 3.63) is 89.7 Å². The number of anilines is 1. The van der Waals surface area contributed by atoms with Crippen LogP contribution in [-0.2, 0) is 12.7 Å². The smallest absolute Gasteiger partial charge is 0.357 e. The van der Waals surface area contributed by atoms with Crippen LogP contribution in [0.3, 0.4) is 0 Å². The molecule has 3 nitrogen and oxygen atoms in total. The van der Waals surface area contributed by atoms with Crippen LogP contribution in [0.1, 0.15) is 35.4 Å². The van der Waals surface area contributed by atoms with Crippen molar-refractivity contribution in [2.24, 2.45) is 0 Å². The van der Waals surface area contributed by atoms with Crippen LogP contribution in [-0.4, -0.2) is 30.5 Å². The summed E-state index contributed by atoms with van der Waals surface area (Å²) in [6.45, 7) is 2.30. The molecule has 2 aromatic carbocycles. The monoisotopic (exact) mass is 445 g/mol. The molecule has 2 aromatic heterocycles. The number of halogens is 3. The van der Waals surface area contributed by atoms with E-state index in [1.807, 2.05) is 12.1 Å². The van der Waals surface area contributed by atoms with Gasteiger partial charge >= 0.3 is 6.18 Å². The van der Waals surface area contributed by atoms with Crippen molar-refractivity contribution in [2.75, 3.05) is 18.0 Å². The van der Waals surface area contributed by atoms with Gasteiger partial charge in [-0.3, -0.25) is 0 Å². The van der Waals surface area contributed by atoms with E-state index in [9.17, 15) is 13.2 Å². The predicted octanol–water partition coefficient (Wildman–Crippen LogP) is 5.28. The van der Waals surface area contributed by atoms with E-state index < -0.39 is 11.7 Å². The number of pyridine rings is 1. The van der Waals surface area contributed by atoms with Crippen LogP contribution in [0.25, 0.3) is 10.9 Å². The third kappa shape index (κ3) is 4.49. The normalized spacial score (nSPS) is 15.3. The van der Waals surface area contributed by atoms with Gasteiger partial charge in [0.2, 0.25) is 0 Å². The van der Waals surface area contributed by atoms with Gasteiger partial charge in [-0.25, -0.2) is 4.98 Å². The van der Waals surface area contributed by atoms with E-state index in [2.05, 4.69) is 57.0 Å². The molecule has 0 N–H and O–H groups in total. The van der Waals surface area contributed by atoms with E-state index >= 15 is 0 Å². The van der Waals surface area contributed by atoms with E-state index in [4.69, 9.17) is 7.85 Å². The molecule has 2 radical (unpaired) electrons. The molecule has 33 heavy (non-hydrogen) atoms. The minimum absolute atomic E-state index is 0.397. The van der Waals surface area contributed by atoms with Crippen LogP contribution in [0.15, 0.2) is 73.1 Å². The highest BCUT2D eigenvalue weighted by atomic mass is 19.4. The molecule has 5 rings (SSSR count). The van der Waals surface area contributed by atoms with Gasteiger partial charge < -0.3 is 9.47 Å². The highest BCUT2D eigenvalue weighted by molar-refractivity contribution is 6.32. The summed E-state index contributed by atoms with van der Waals surface area (Å²) < 4.78 is 40.8. The fraction of sp³-hybridized carbons (Fsp3) is 0.269. The molecule has 166 valence electrons. The molecule has 1 fully saturated rings. The van der Waals surface area contributed by atoms with Gasteiger partial charge in [0.15, 0.2) is 0 Å². The van der Waals surface area contributed by atoms with E-state index in [1.54, 1.807) is 0 Å². The Bertz CT molecular complexity index is 1240. The Hall–Kier alpha value is -3.22. The average molecular weight is 445 g/mol. The summed E-state index contributed by atoms with van der Waals surface area (Å²) in [5.74, 6) is 1.00. The maximum atomic E-state index is 12.8. The number of fused-ring (bicyclic) bond motifs is 1. The third-order valence-electron chi connectivity index (χ3n) is 6.49. The highest BCUT2D eigenvalue weighted by Crippen LogP contribution is 2.36. The Labute approximate surface area is 192 Å². The van der Waals surface area contributed by atoms with Gasteiger partial charge in [0.05, 0.1) is 5.56 Å². The van der Waals surface area contributed by atoms with E-state index in [0.29, 0.717) is 11.7 Å². The van der Waals surface area contributed by atoms with Gasteiger partial charge in [-0.2, -0.15) is 13.2 Å². The first kappa shape index (κ1) is 21.6. The number of alkyl halides is 3. The number of para-hydroxylation sites is 1. The summed E-state index contributed by atoms with van der Waals surface area (Å²) >= 11 is 0. The van der Waals surface area contributed by atoms with Crippen LogP contribution in [0.2, 0.25) is 0 Å². The number of nitrogens with zero attached hydrogens (tertiary/aromatic N) is 3. The van der Waals surface area contributed by atoms with Crippen LogP contribution >= 0.6 is 0 Å². The molecule has 1 aliphatic heterocycles. The van der Waals surface area contributed by atoms with Crippen molar-refractivity contribution < 1.29 is 13.2 Å². The molecule has 0 aliphatic carbocycles. The number of rotatable bonds is 4. The molecule has 0 atom stereocenters. The molecular weight excluding hydrogens is 422 g/mol. The summed E-state index contributed by atoms with van der Waals surface area (Å²) in [6.07, 6.45) is 0.681. The highest BCUT2D eigenvalue weighted by Gasteiger charge is 2.31. The minimum atomic E-state index is -4.36. The molecule has 1 aliphatic rings. The van der Waals surface area contributed by atoms with Crippen molar-refractivity contribution in [3.63, 3.8) is 0 Å². The molecular formula is C26H23BF3N3. The first-order valence-corrected chi connectivity index (χ1v) is 11.1. The maximum Gasteiger partial charge on any atom is 0.417 e. The standard InChI is InChI=1S/C26H23BF3N3/c27-21-8-5-18(6-9-21)16-33-17-23(22-3-1-2-4-24(22)33)19-11-13-32(14-12-19)25-10-7-20(15-31-25)26(28,29)30/h1-10,15,17,19H,11-14,16H2. The number of hydrogen-bond donors (Lipinski definition) is 0. The zero-order valence-electron chi connectivity index (χ0n) is 18.1. The molecule has 4 aromatic rings. The predicted molar refractivity (Wildman–Crippen MR) is 126 cm³/mol. The van der Waals surface area contributed by atoms with Crippen molar-refractivity contribution in [2.45, 2.75) is 31.5 Å². The zero-order valence-corrected chi connectivity index (χ0v) is 18.1. The Kier molecular flexibility index (Phi) is 5.65. The molecule has 1 saturated heterocycles. The maximum absolute atomic E-state index is 12.8. The zero-order chi connectivity index (χ0) is 23.0. The second-order valence-corrected chi connectivity index (χ2v) is 8.64. The number of benzene rings is 2. The Morgan fingerprint density at radius 2 is 1.67 bits per heavy atom. The van der Waals surface area contributed by atoms with Crippen molar-refractivity contribution in [1.82, 2.24) is 9.55 Å². The van der Waals surface area contributed by atoms with Gasteiger partial charge in [-0.05, 0) is 48.1 Å². The van der Waals surface area contributed by atoms with E-state index in [1.165, 1.54) is 28.1 Å². The van der Waals surface area contributed by atoms with E-state index in [0.717, 1.165) is 50.2 Å². The van der Waals surface area contributed by atoms with Gasteiger partial charge in [0.25, 0.3) is 0 Å². The lowest BCUT2D eigenvalue weighted by molar-refractivity contribution is -0.137. The summed E-state index contributed by atoms with van der Waals surface area (Å²) in [5.41, 5.74) is 3.78. The first-order valence-electron chi connectivity index (χ1n) is 11.1. The lowest BCUT2D eigenvalue weighted by Gasteiger charge is -2.33. The van der Waals surface area contributed by atoms with Gasteiger partial charge in [0.1, 0.15) is 13.7 Å². The molecule has 0 spiro atoms. The Balaban J connectivity index is 1.34. The quantitative estimate of drug-likeness (QED) is 0.399. The minimum Gasteiger partial charge on any atom is -0.357 e. The van der Waals surface area contributed by atoms with Crippen LogP contribution in [0.4, 0.5) is 19.0 Å². The fourth-order valence-electron chi connectivity index (χ4n) is 4.71. The SMILES string of the molecule is [B]c1ccc(Cn2cc(C3CCN(c4ccc(C(F)(F)F)cn4)CC3)c3ccccc32)cc1.